The number of thiophene rings is 1. The van der Waals surface area contributed by atoms with E-state index in [1.807, 2.05) is 51.1 Å². The third kappa shape index (κ3) is 4.83. The van der Waals surface area contributed by atoms with Crippen molar-refractivity contribution in [3.8, 4) is 5.69 Å². The fourth-order valence-corrected chi connectivity index (χ4v) is 6.83. The van der Waals surface area contributed by atoms with Crippen LogP contribution in [0.2, 0.25) is 0 Å². The monoisotopic (exact) mass is 547 g/mol. The molecule has 9 heteroatoms. The fraction of sp³-hybridized carbons (Fsp3) is 0.300. The number of amides is 1. The highest BCUT2D eigenvalue weighted by Crippen LogP contribution is 2.41. The number of likely N-dealkylation sites (tertiary alicyclic amines) is 1. The number of nitrogens with zero attached hydrogens (tertiary/aromatic N) is 2. The molecule has 1 unspecified atom stereocenters. The number of para-hydroxylation sites is 1. The van der Waals surface area contributed by atoms with Crippen molar-refractivity contribution in [3.05, 3.63) is 93.5 Å². The number of hydrogen-bond acceptors (Lipinski definition) is 5. The number of nitrogens with one attached hydrogen (secondary N) is 1. The number of rotatable bonds is 5. The number of aromatic nitrogens is 1. The number of anilines is 1. The number of ketones is 1. The van der Waals surface area contributed by atoms with Crippen LogP contribution in [0.1, 0.15) is 48.7 Å². The van der Waals surface area contributed by atoms with E-state index >= 15 is 0 Å². The lowest BCUT2D eigenvalue weighted by Gasteiger charge is -2.37. The molecule has 2 aromatic heterocycles. The van der Waals surface area contributed by atoms with Gasteiger partial charge in [0.1, 0.15) is 15.6 Å². The molecule has 7 nitrogen and oxygen atoms in total. The Morgan fingerprint density at radius 3 is 2.44 bits per heavy atom. The van der Waals surface area contributed by atoms with Crippen LogP contribution >= 0.6 is 11.3 Å². The van der Waals surface area contributed by atoms with Crippen molar-refractivity contribution in [2.45, 2.75) is 46.2 Å². The second-order valence-electron chi connectivity index (χ2n) is 11.0. The summed E-state index contributed by atoms with van der Waals surface area (Å²) in [5.41, 5.74) is 1.14. The zero-order valence-corrected chi connectivity index (χ0v) is 23.0. The average molecular weight is 548 g/mol. The van der Waals surface area contributed by atoms with Crippen LogP contribution < -0.4 is 10.9 Å². The standard InChI is InChI=1S/C30H30FN3O4S/c1-17-16-18(10-12-21(17)31)25(36)24-20-11-13-23(35)34(19-8-6-5-7-9-19)28(20)39-27(24)32-22-14-15-33(29(37)38)26(22)30(2,3)4/h5-13,16,22,26,32H,14-15H2,1-4H3,(H,37,38)/t22-,26?/m1/s1. The molecule has 1 fully saturated rings. The second kappa shape index (κ2) is 9.96. The molecule has 0 aliphatic carbocycles. The Kier molecular flexibility index (Phi) is 6.80. The first-order chi connectivity index (χ1) is 18.5. The molecule has 0 spiro atoms. The molecule has 0 bridgehead atoms. The van der Waals surface area contributed by atoms with Gasteiger partial charge in [0.25, 0.3) is 5.56 Å². The predicted molar refractivity (Wildman–Crippen MR) is 152 cm³/mol. The van der Waals surface area contributed by atoms with Crippen LogP contribution in [0.5, 0.6) is 0 Å². The Bertz CT molecular complexity index is 1640. The van der Waals surface area contributed by atoms with Gasteiger partial charge in [-0.05, 0) is 60.7 Å². The van der Waals surface area contributed by atoms with Gasteiger partial charge in [-0.1, -0.05) is 50.3 Å². The summed E-state index contributed by atoms with van der Waals surface area (Å²) < 4.78 is 15.6. The molecule has 1 saturated heterocycles. The fourth-order valence-electron chi connectivity index (χ4n) is 5.56. The Labute approximate surface area is 229 Å². The summed E-state index contributed by atoms with van der Waals surface area (Å²) in [6.45, 7) is 7.98. The van der Waals surface area contributed by atoms with Crippen molar-refractivity contribution in [1.29, 1.82) is 0 Å². The Hall–Kier alpha value is -3.98. The topological polar surface area (TPSA) is 91.6 Å². The third-order valence-electron chi connectivity index (χ3n) is 7.25. The number of fused-ring (bicyclic) bond motifs is 1. The molecule has 2 N–H and O–H groups in total. The van der Waals surface area contributed by atoms with E-state index in [2.05, 4.69) is 5.32 Å². The largest absolute Gasteiger partial charge is 0.465 e. The van der Waals surface area contributed by atoms with Crippen molar-refractivity contribution >= 4 is 38.4 Å². The zero-order valence-electron chi connectivity index (χ0n) is 22.2. The van der Waals surface area contributed by atoms with Crippen LogP contribution in [-0.4, -0.2) is 45.1 Å². The van der Waals surface area contributed by atoms with E-state index < -0.39 is 11.9 Å². The van der Waals surface area contributed by atoms with Gasteiger partial charge >= 0.3 is 6.09 Å². The highest BCUT2D eigenvalue weighted by atomic mass is 32.1. The predicted octanol–water partition coefficient (Wildman–Crippen LogP) is 6.31. The lowest BCUT2D eigenvalue weighted by molar-refractivity contribution is 0.102. The molecule has 0 radical (unpaired) electrons. The number of aryl methyl sites for hydroxylation is 1. The SMILES string of the molecule is Cc1cc(C(=O)c2c(N[C@@H]3CCN(C(=O)O)C3C(C)(C)C)sc3c2ccc(=O)n3-c2ccccc2)ccc1F. The Morgan fingerprint density at radius 2 is 1.79 bits per heavy atom. The maximum atomic E-state index is 14.0. The smallest absolute Gasteiger partial charge is 0.407 e. The summed E-state index contributed by atoms with van der Waals surface area (Å²) in [7, 11) is 0. The number of hydrogen-bond donors (Lipinski definition) is 2. The number of pyridine rings is 1. The first-order valence-electron chi connectivity index (χ1n) is 12.8. The van der Waals surface area contributed by atoms with Crippen LogP contribution in [0.3, 0.4) is 0 Å². The first kappa shape index (κ1) is 26.6. The van der Waals surface area contributed by atoms with Gasteiger partial charge in [0.15, 0.2) is 5.78 Å². The summed E-state index contributed by atoms with van der Waals surface area (Å²) in [6.07, 6.45) is -0.413. The maximum Gasteiger partial charge on any atom is 0.407 e. The molecular formula is C30H30FN3O4S. The van der Waals surface area contributed by atoms with Gasteiger partial charge in [0.05, 0.1) is 17.3 Å². The van der Waals surface area contributed by atoms with E-state index in [-0.39, 0.29) is 28.8 Å². The van der Waals surface area contributed by atoms with E-state index in [1.54, 1.807) is 17.6 Å². The molecule has 39 heavy (non-hydrogen) atoms. The normalized spacial score (nSPS) is 17.5. The second-order valence-corrected chi connectivity index (χ2v) is 12.0. The molecule has 5 rings (SSSR count). The molecule has 202 valence electrons. The van der Waals surface area contributed by atoms with E-state index in [0.29, 0.717) is 50.6 Å². The molecule has 2 aromatic carbocycles. The molecule has 1 aliphatic rings. The van der Waals surface area contributed by atoms with Gasteiger partial charge in [0.2, 0.25) is 0 Å². The molecule has 3 heterocycles. The van der Waals surface area contributed by atoms with E-state index in [9.17, 15) is 23.9 Å². The summed E-state index contributed by atoms with van der Waals surface area (Å²) in [5.74, 6) is -0.698. The van der Waals surface area contributed by atoms with Crippen LogP contribution in [0, 0.1) is 18.2 Å². The van der Waals surface area contributed by atoms with Crippen molar-refractivity contribution in [3.63, 3.8) is 0 Å². The van der Waals surface area contributed by atoms with Gasteiger partial charge in [-0.3, -0.25) is 14.2 Å². The number of carbonyl (C=O) groups is 2. The van der Waals surface area contributed by atoms with Crippen LogP contribution in [0.15, 0.2) is 65.5 Å². The highest BCUT2D eigenvalue weighted by Gasteiger charge is 2.44. The highest BCUT2D eigenvalue weighted by molar-refractivity contribution is 7.23. The first-order valence-corrected chi connectivity index (χ1v) is 13.6. The Balaban J connectivity index is 1.71. The maximum absolute atomic E-state index is 14.0. The summed E-state index contributed by atoms with van der Waals surface area (Å²) in [6, 6.07) is 16.0. The van der Waals surface area contributed by atoms with Crippen molar-refractivity contribution < 1.29 is 19.1 Å². The summed E-state index contributed by atoms with van der Waals surface area (Å²) in [5, 5.41) is 14.5. The number of benzene rings is 2. The average Bonchev–Trinajstić information content (AvgIpc) is 3.47. The zero-order chi connectivity index (χ0) is 28.1. The quantitative estimate of drug-likeness (QED) is 0.286. The van der Waals surface area contributed by atoms with Crippen molar-refractivity contribution in [2.75, 3.05) is 11.9 Å². The molecular weight excluding hydrogens is 517 g/mol. The molecule has 1 aliphatic heterocycles. The van der Waals surface area contributed by atoms with Crippen LogP contribution in [-0.2, 0) is 0 Å². The minimum atomic E-state index is -0.980. The van der Waals surface area contributed by atoms with E-state index in [4.69, 9.17) is 0 Å². The number of carboxylic acid groups (broad SMARTS) is 1. The van der Waals surface area contributed by atoms with Gasteiger partial charge in [0, 0.05) is 29.6 Å². The molecule has 1 amide bonds. The Morgan fingerprint density at radius 1 is 1.08 bits per heavy atom. The lowest BCUT2D eigenvalue weighted by atomic mass is 9.82. The van der Waals surface area contributed by atoms with Gasteiger partial charge in [-0.2, -0.15) is 0 Å². The summed E-state index contributed by atoms with van der Waals surface area (Å²) in [4.78, 5) is 41.2. The van der Waals surface area contributed by atoms with Gasteiger partial charge < -0.3 is 15.3 Å². The summed E-state index contributed by atoms with van der Waals surface area (Å²) >= 11 is 1.29. The third-order valence-corrected chi connectivity index (χ3v) is 8.37. The van der Waals surface area contributed by atoms with Crippen LogP contribution in [0.4, 0.5) is 14.2 Å². The van der Waals surface area contributed by atoms with Crippen molar-refractivity contribution in [1.82, 2.24) is 9.47 Å². The molecule has 2 atom stereocenters. The minimum Gasteiger partial charge on any atom is -0.465 e. The lowest BCUT2D eigenvalue weighted by Crippen LogP contribution is -2.49. The molecule has 0 saturated carbocycles. The van der Waals surface area contributed by atoms with Crippen molar-refractivity contribution in [2.24, 2.45) is 5.41 Å². The number of halogens is 1. The van der Waals surface area contributed by atoms with Crippen LogP contribution in [0.25, 0.3) is 15.9 Å². The van der Waals surface area contributed by atoms with Gasteiger partial charge in [-0.15, -0.1) is 0 Å². The van der Waals surface area contributed by atoms with E-state index in [0.717, 1.165) is 0 Å². The number of carbonyl (C=O) groups excluding carboxylic acids is 1. The van der Waals surface area contributed by atoms with Gasteiger partial charge in [-0.25, -0.2) is 9.18 Å². The van der Waals surface area contributed by atoms with E-state index in [1.165, 1.54) is 40.5 Å². The minimum absolute atomic E-state index is 0.233. The molecule has 4 aromatic rings.